The molecule has 1 aromatic heterocycles. The number of aromatic nitrogens is 1. The molecule has 0 bridgehead atoms. The molecule has 0 fully saturated rings. The molecule has 0 atom stereocenters. The number of hydrogen-bond donors (Lipinski definition) is 1. The summed E-state index contributed by atoms with van der Waals surface area (Å²) in [5.41, 5.74) is -0.243. The Kier molecular flexibility index (Phi) is 5.34. The van der Waals surface area contributed by atoms with Gasteiger partial charge in [-0.15, -0.1) is 0 Å². The molecule has 106 valence electrons. The van der Waals surface area contributed by atoms with Gasteiger partial charge in [-0.3, -0.25) is 10.1 Å². The zero-order chi connectivity index (χ0) is 14.5. The minimum absolute atomic E-state index is 0.00109. The minimum Gasteiger partial charge on any atom is -0.369 e. The number of pyridine rings is 1. The molecular formula is C10H11ClF3N3O2. The number of halogens is 4. The zero-order valence-electron chi connectivity index (χ0n) is 9.71. The summed E-state index contributed by atoms with van der Waals surface area (Å²) >= 11 is 5.75. The molecule has 0 aliphatic rings. The first kappa shape index (κ1) is 15.5. The average Bonchev–Trinajstić information content (AvgIpc) is 2.28. The Bertz CT molecular complexity index is 454. The smallest absolute Gasteiger partial charge is 0.369 e. The molecule has 9 heteroatoms. The van der Waals surface area contributed by atoms with Crippen molar-refractivity contribution in [2.45, 2.75) is 25.4 Å². The van der Waals surface area contributed by atoms with Crippen LogP contribution in [-0.2, 0) is 0 Å². The molecule has 0 saturated carbocycles. The monoisotopic (exact) mass is 297 g/mol. The molecule has 0 amide bonds. The molecule has 0 saturated heterocycles. The first-order valence-corrected chi connectivity index (χ1v) is 5.78. The second-order valence-corrected chi connectivity index (χ2v) is 4.19. The highest BCUT2D eigenvalue weighted by Crippen LogP contribution is 2.24. The third-order valence-electron chi connectivity index (χ3n) is 2.22. The topological polar surface area (TPSA) is 68.1 Å². The van der Waals surface area contributed by atoms with E-state index in [1.54, 1.807) is 0 Å². The van der Waals surface area contributed by atoms with E-state index in [0.29, 0.717) is 6.42 Å². The molecular weight excluding hydrogens is 287 g/mol. The van der Waals surface area contributed by atoms with Crippen molar-refractivity contribution in [3.63, 3.8) is 0 Å². The maximum absolute atomic E-state index is 11.9. The Morgan fingerprint density at radius 3 is 2.63 bits per heavy atom. The molecule has 0 spiro atoms. The standard InChI is InChI=1S/C10H11ClF3N3O2/c11-8-5-7(17(18)19)6-16-9(8)15-4-2-1-3-10(12,13)14/h5-6H,1-4H2,(H,15,16). The van der Waals surface area contributed by atoms with Crippen LogP contribution in [0.15, 0.2) is 12.3 Å². The maximum atomic E-state index is 11.9. The third kappa shape index (κ3) is 5.73. The molecule has 1 aromatic rings. The number of rotatable bonds is 6. The number of unbranched alkanes of at least 4 members (excludes halogenated alkanes) is 1. The molecule has 0 aliphatic carbocycles. The van der Waals surface area contributed by atoms with Gasteiger partial charge in [-0.2, -0.15) is 13.2 Å². The minimum atomic E-state index is -4.15. The lowest BCUT2D eigenvalue weighted by Crippen LogP contribution is -2.09. The van der Waals surface area contributed by atoms with Gasteiger partial charge in [0.05, 0.1) is 9.95 Å². The van der Waals surface area contributed by atoms with E-state index < -0.39 is 17.5 Å². The summed E-state index contributed by atoms with van der Waals surface area (Å²) < 4.78 is 35.6. The first-order chi connectivity index (χ1) is 8.79. The van der Waals surface area contributed by atoms with Gasteiger partial charge in [0.2, 0.25) is 0 Å². The largest absolute Gasteiger partial charge is 0.389 e. The fraction of sp³-hybridized carbons (Fsp3) is 0.500. The number of alkyl halides is 3. The van der Waals surface area contributed by atoms with E-state index >= 15 is 0 Å². The maximum Gasteiger partial charge on any atom is 0.389 e. The van der Waals surface area contributed by atoms with Crippen molar-refractivity contribution >= 4 is 23.1 Å². The Morgan fingerprint density at radius 2 is 2.11 bits per heavy atom. The van der Waals surface area contributed by atoms with E-state index in [-0.39, 0.29) is 29.5 Å². The predicted molar refractivity (Wildman–Crippen MR) is 64.3 cm³/mol. The van der Waals surface area contributed by atoms with E-state index in [0.717, 1.165) is 12.3 Å². The van der Waals surface area contributed by atoms with E-state index in [9.17, 15) is 23.3 Å². The third-order valence-corrected chi connectivity index (χ3v) is 2.51. The molecule has 0 aromatic carbocycles. The Morgan fingerprint density at radius 1 is 1.42 bits per heavy atom. The van der Waals surface area contributed by atoms with Gasteiger partial charge in [0.15, 0.2) is 0 Å². The highest BCUT2D eigenvalue weighted by atomic mass is 35.5. The van der Waals surface area contributed by atoms with E-state index in [4.69, 9.17) is 11.6 Å². The second kappa shape index (κ2) is 6.55. The fourth-order valence-electron chi connectivity index (χ4n) is 1.31. The molecule has 1 rings (SSSR count). The molecule has 0 aliphatic heterocycles. The van der Waals surface area contributed by atoms with Crippen molar-refractivity contribution in [1.29, 1.82) is 0 Å². The van der Waals surface area contributed by atoms with Crippen LogP contribution in [0.3, 0.4) is 0 Å². The molecule has 0 unspecified atom stereocenters. The number of nitrogens with one attached hydrogen (secondary N) is 1. The SMILES string of the molecule is O=[N+]([O-])c1cnc(NCCCCC(F)(F)F)c(Cl)c1. The Hall–Kier alpha value is -1.57. The van der Waals surface area contributed by atoms with Crippen LogP contribution in [0.4, 0.5) is 24.7 Å². The Balaban J connectivity index is 2.40. The van der Waals surface area contributed by atoms with Crippen LogP contribution in [0, 0.1) is 10.1 Å². The normalized spacial score (nSPS) is 11.4. The van der Waals surface area contributed by atoms with E-state index in [1.165, 1.54) is 0 Å². The fourth-order valence-corrected chi connectivity index (χ4v) is 1.54. The molecule has 19 heavy (non-hydrogen) atoms. The van der Waals surface area contributed by atoms with Gasteiger partial charge in [-0.05, 0) is 12.8 Å². The summed E-state index contributed by atoms with van der Waals surface area (Å²) in [6.45, 7) is 0.264. The van der Waals surface area contributed by atoms with Crippen LogP contribution in [-0.4, -0.2) is 22.6 Å². The quantitative estimate of drug-likeness (QED) is 0.493. The van der Waals surface area contributed by atoms with Gasteiger partial charge in [0, 0.05) is 19.0 Å². The van der Waals surface area contributed by atoms with Gasteiger partial charge in [-0.1, -0.05) is 11.6 Å². The van der Waals surface area contributed by atoms with Crippen molar-refractivity contribution < 1.29 is 18.1 Å². The summed E-state index contributed by atoms with van der Waals surface area (Å²) in [6, 6.07) is 1.13. The van der Waals surface area contributed by atoms with E-state index in [2.05, 4.69) is 10.3 Å². The van der Waals surface area contributed by atoms with Crippen LogP contribution >= 0.6 is 11.6 Å². The van der Waals surface area contributed by atoms with Crippen molar-refractivity contribution in [3.05, 3.63) is 27.4 Å². The molecule has 1 N–H and O–H groups in total. The van der Waals surface area contributed by atoms with Crippen molar-refractivity contribution in [3.8, 4) is 0 Å². The highest BCUT2D eigenvalue weighted by Gasteiger charge is 2.25. The average molecular weight is 298 g/mol. The van der Waals surface area contributed by atoms with Gasteiger partial charge >= 0.3 is 6.18 Å². The summed E-state index contributed by atoms with van der Waals surface area (Å²) in [5, 5.41) is 13.2. The lowest BCUT2D eigenvalue weighted by molar-refractivity contribution is -0.385. The lowest BCUT2D eigenvalue weighted by atomic mass is 10.2. The van der Waals surface area contributed by atoms with Gasteiger partial charge in [0.25, 0.3) is 5.69 Å². The molecule has 0 radical (unpaired) electrons. The van der Waals surface area contributed by atoms with Crippen LogP contribution in [0.1, 0.15) is 19.3 Å². The van der Waals surface area contributed by atoms with Crippen LogP contribution in [0.5, 0.6) is 0 Å². The lowest BCUT2D eigenvalue weighted by Gasteiger charge is -2.08. The summed E-state index contributed by atoms with van der Waals surface area (Å²) in [7, 11) is 0. The predicted octanol–water partition coefficient (Wildman–Crippen LogP) is 3.79. The van der Waals surface area contributed by atoms with Crippen molar-refractivity contribution in [2.75, 3.05) is 11.9 Å². The van der Waals surface area contributed by atoms with Crippen LogP contribution in [0.2, 0.25) is 5.02 Å². The number of nitrogens with zero attached hydrogens (tertiary/aromatic N) is 2. The summed E-state index contributed by atoms with van der Waals surface area (Å²) in [6.07, 6.45) is -3.65. The number of nitro groups is 1. The van der Waals surface area contributed by atoms with Crippen LogP contribution < -0.4 is 5.32 Å². The van der Waals surface area contributed by atoms with Crippen molar-refractivity contribution in [2.24, 2.45) is 0 Å². The van der Waals surface area contributed by atoms with Gasteiger partial charge < -0.3 is 5.32 Å². The number of hydrogen-bond acceptors (Lipinski definition) is 4. The summed E-state index contributed by atoms with van der Waals surface area (Å²) in [4.78, 5) is 13.5. The van der Waals surface area contributed by atoms with Crippen molar-refractivity contribution in [1.82, 2.24) is 4.98 Å². The molecule has 5 nitrogen and oxygen atoms in total. The second-order valence-electron chi connectivity index (χ2n) is 3.78. The van der Waals surface area contributed by atoms with E-state index in [1.807, 2.05) is 0 Å². The van der Waals surface area contributed by atoms with Gasteiger partial charge in [-0.25, -0.2) is 4.98 Å². The first-order valence-electron chi connectivity index (χ1n) is 5.40. The number of anilines is 1. The summed E-state index contributed by atoms with van der Waals surface area (Å²) in [5.74, 6) is 0.222. The zero-order valence-corrected chi connectivity index (χ0v) is 10.5. The van der Waals surface area contributed by atoms with Gasteiger partial charge in [0.1, 0.15) is 12.0 Å². The Labute approximate surface area is 111 Å². The molecule has 1 heterocycles. The van der Waals surface area contributed by atoms with Crippen LogP contribution in [0.25, 0.3) is 0 Å². The highest BCUT2D eigenvalue weighted by molar-refractivity contribution is 6.33.